The Morgan fingerprint density at radius 2 is 2.06 bits per heavy atom. The van der Waals surface area contributed by atoms with Crippen molar-refractivity contribution in [2.75, 3.05) is 13.1 Å². The molecule has 2 aromatic rings. The minimum Gasteiger partial charge on any atom is -0.368 e. The fraction of sp³-hybridized carbons (Fsp3) is 0.167. The van der Waals surface area contributed by atoms with E-state index in [4.69, 9.17) is 0 Å². The van der Waals surface area contributed by atoms with E-state index in [2.05, 4.69) is 27.5 Å². The van der Waals surface area contributed by atoms with Crippen molar-refractivity contribution in [3.8, 4) is 5.69 Å². The van der Waals surface area contributed by atoms with Crippen molar-refractivity contribution in [1.82, 2.24) is 15.1 Å². The molecule has 0 aliphatic carbocycles. The highest BCUT2D eigenvalue weighted by Gasteiger charge is 2.07. The Labute approximate surface area is 93.6 Å². The molecule has 4 heteroatoms. The van der Waals surface area contributed by atoms with E-state index < -0.39 is 0 Å². The van der Waals surface area contributed by atoms with Crippen LogP contribution < -0.4 is 5.32 Å². The van der Waals surface area contributed by atoms with E-state index in [0.29, 0.717) is 0 Å². The first-order valence-electron chi connectivity index (χ1n) is 5.32. The van der Waals surface area contributed by atoms with Gasteiger partial charge < -0.3 is 5.32 Å². The molecule has 0 amide bonds. The molecule has 1 aliphatic heterocycles. The zero-order valence-electron chi connectivity index (χ0n) is 8.80. The van der Waals surface area contributed by atoms with Gasteiger partial charge in [0.05, 0.1) is 12.2 Å². The van der Waals surface area contributed by atoms with E-state index in [1.807, 2.05) is 29.1 Å². The predicted octanol–water partition coefficient (Wildman–Crippen LogP) is 1.22. The normalized spacial score (nSPS) is 14.6. The van der Waals surface area contributed by atoms with Gasteiger partial charge in [0, 0.05) is 24.5 Å². The van der Waals surface area contributed by atoms with Crippen LogP contribution >= 0.6 is 0 Å². The Hall–Kier alpha value is -2.10. The second-order valence-electron chi connectivity index (χ2n) is 3.65. The maximum atomic E-state index is 4.38. The summed E-state index contributed by atoms with van der Waals surface area (Å²) in [6.45, 7) is 1.81. The smallest absolute Gasteiger partial charge is 0.128 e. The summed E-state index contributed by atoms with van der Waals surface area (Å²) in [5, 5.41) is 7.44. The third-order valence-corrected chi connectivity index (χ3v) is 2.58. The van der Waals surface area contributed by atoms with E-state index in [1.54, 1.807) is 6.20 Å². The molecule has 1 aliphatic rings. The minimum atomic E-state index is 0.871. The lowest BCUT2D eigenvalue weighted by Crippen LogP contribution is -2.19. The monoisotopic (exact) mass is 212 g/mol. The summed E-state index contributed by atoms with van der Waals surface area (Å²) in [7, 11) is 0. The zero-order chi connectivity index (χ0) is 10.8. The Kier molecular flexibility index (Phi) is 2.18. The molecule has 0 fully saturated rings. The second-order valence-corrected chi connectivity index (χ2v) is 3.65. The first-order valence-corrected chi connectivity index (χ1v) is 5.32. The molecule has 0 unspecified atom stereocenters. The van der Waals surface area contributed by atoms with Crippen LogP contribution in [-0.2, 0) is 0 Å². The van der Waals surface area contributed by atoms with Gasteiger partial charge in [-0.15, -0.1) is 0 Å². The van der Waals surface area contributed by atoms with Crippen LogP contribution in [0.1, 0.15) is 5.56 Å². The molecule has 0 spiro atoms. The topological polar surface area (TPSA) is 42.2 Å². The van der Waals surface area contributed by atoms with Crippen molar-refractivity contribution in [2.24, 2.45) is 4.99 Å². The number of hydrogen-bond donors (Lipinski definition) is 1. The van der Waals surface area contributed by atoms with Gasteiger partial charge in [0.1, 0.15) is 5.84 Å². The summed E-state index contributed by atoms with van der Waals surface area (Å²) in [5.74, 6) is 0.993. The fourth-order valence-electron chi connectivity index (χ4n) is 1.78. The van der Waals surface area contributed by atoms with Crippen molar-refractivity contribution in [3.63, 3.8) is 0 Å². The zero-order valence-corrected chi connectivity index (χ0v) is 8.80. The molecule has 3 rings (SSSR count). The summed E-state index contributed by atoms with van der Waals surface area (Å²) in [6, 6.07) is 10.1. The van der Waals surface area contributed by atoms with Gasteiger partial charge in [0.25, 0.3) is 0 Å². The third kappa shape index (κ3) is 1.58. The Morgan fingerprint density at radius 3 is 2.69 bits per heavy atom. The van der Waals surface area contributed by atoms with Crippen LogP contribution in [-0.4, -0.2) is 28.7 Å². The largest absolute Gasteiger partial charge is 0.368 e. The van der Waals surface area contributed by atoms with E-state index in [-0.39, 0.29) is 0 Å². The van der Waals surface area contributed by atoms with Gasteiger partial charge in [-0.3, -0.25) is 4.99 Å². The molecule has 0 radical (unpaired) electrons. The highest BCUT2D eigenvalue weighted by Crippen LogP contribution is 2.09. The van der Waals surface area contributed by atoms with Crippen LogP contribution in [0.15, 0.2) is 47.7 Å². The molecule has 1 aromatic heterocycles. The summed E-state index contributed by atoms with van der Waals surface area (Å²) in [4.78, 5) is 4.38. The molecule has 1 aromatic carbocycles. The molecule has 16 heavy (non-hydrogen) atoms. The van der Waals surface area contributed by atoms with Crippen molar-refractivity contribution in [2.45, 2.75) is 0 Å². The van der Waals surface area contributed by atoms with Gasteiger partial charge in [-0.05, 0) is 30.3 Å². The SMILES string of the molecule is c1cnn(-c2ccc(C3=NCCN3)cc2)c1. The van der Waals surface area contributed by atoms with E-state index >= 15 is 0 Å². The maximum Gasteiger partial charge on any atom is 0.128 e. The molecule has 0 atom stereocenters. The van der Waals surface area contributed by atoms with E-state index in [9.17, 15) is 0 Å². The number of aliphatic imine (C=N–C) groups is 1. The summed E-state index contributed by atoms with van der Waals surface area (Å²) < 4.78 is 1.84. The first kappa shape index (κ1) is 9.15. The Bertz CT molecular complexity index is 496. The van der Waals surface area contributed by atoms with Gasteiger partial charge >= 0.3 is 0 Å². The first-order chi connectivity index (χ1) is 7.93. The van der Waals surface area contributed by atoms with Crippen LogP contribution in [0.5, 0.6) is 0 Å². The molecular weight excluding hydrogens is 200 g/mol. The molecule has 0 saturated heterocycles. The van der Waals surface area contributed by atoms with Crippen LogP contribution in [0.2, 0.25) is 0 Å². The molecule has 4 nitrogen and oxygen atoms in total. The molecular formula is C12H12N4. The van der Waals surface area contributed by atoms with Gasteiger partial charge in [-0.2, -0.15) is 5.10 Å². The van der Waals surface area contributed by atoms with Crippen molar-refractivity contribution in [1.29, 1.82) is 0 Å². The average molecular weight is 212 g/mol. The van der Waals surface area contributed by atoms with Gasteiger partial charge in [-0.25, -0.2) is 4.68 Å². The summed E-state index contributed by atoms with van der Waals surface area (Å²) in [5.41, 5.74) is 2.20. The van der Waals surface area contributed by atoms with E-state index in [1.165, 1.54) is 0 Å². The highest BCUT2D eigenvalue weighted by molar-refractivity contribution is 5.99. The molecule has 2 heterocycles. The van der Waals surface area contributed by atoms with Crippen molar-refractivity contribution >= 4 is 5.84 Å². The predicted molar refractivity (Wildman–Crippen MR) is 63.0 cm³/mol. The Morgan fingerprint density at radius 1 is 1.19 bits per heavy atom. The number of aromatic nitrogens is 2. The number of rotatable bonds is 2. The second kappa shape index (κ2) is 3.81. The lowest BCUT2D eigenvalue weighted by molar-refractivity contribution is 0.880. The quantitative estimate of drug-likeness (QED) is 0.813. The summed E-state index contributed by atoms with van der Waals surface area (Å²) >= 11 is 0. The number of benzene rings is 1. The Balaban J connectivity index is 1.90. The minimum absolute atomic E-state index is 0.871. The standard InChI is InChI=1S/C12H12N4/c1-6-15-16(9-1)11-4-2-10(3-5-11)12-13-7-8-14-12/h1-6,9H,7-8H2,(H,13,14). The molecule has 0 bridgehead atoms. The summed E-state index contributed by atoms with van der Waals surface area (Å²) in [6.07, 6.45) is 3.71. The average Bonchev–Trinajstić information content (AvgIpc) is 3.03. The fourth-order valence-corrected chi connectivity index (χ4v) is 1.78. The van der Waals surface area contributed by atoms with Crippen molar-refractivity contribution < 1.29 is 0 Å². The van der Waals surface area contributed by atoms with Gasteiger partial charge in [0.2, 0.25) is 0 Å². The van der Waals surface area contributed by atoms with Crippen molar-refractivity contribution in [3.05, 3.63) is 48.3 Å². The molecule has 0 saturated carbocycles. The number of amidine groups is 1. The van der Waals surface area contributed by atoms with Crippen LogP contribution in [0, 0.1) is 0 Å². The number of nitrogens with zero attached hydrogens (tertiary/aromatic N) is 3. The van der Waals surface area contributed by atoms with Crippen LogP contribution in [0.3, 0.4) is 0 Å². The lowest BCUT2D eigenvalue weighted by Gasteiger charge is -2.04. The number of hydrogen-bond acceptors (Lipinski definition) is 3. The molecule has 1 N–H and O–H groups in total. The van der Waals surface area contributed by atoms with Gasteiger partial charge in [0.15, 0.2) is 0 Å². The lowest BCUT2D eigenvalue weighted by atomic mass is 10.2. The third-order valence-electron chi connectivity index (χ3n) is 2.58. The van der Waals surface area contributed by atoms with E-state index in [0.717, 1.165) is 30.2 Å². The van der Waals surface area contributed by atoms with Crippen LogP contribution in [0.4, 0.5) is 0 Å². The number of nitrogens with one attached hydrogen (secondary N) is 1. The van der Waals surface area contributed by atoms with Crippen LogP contribution in [0.25, 0.3) is 5.69 Å². The highest BCUT2D eigenvalue weighted by atomic mass is 15.3. The van der Waals surface area contributed by atoms with Gasteiger partial charge in [-0.1, -0.05) is 0 Å². The maximum absolute atomic E-state index is 4.38. The molecule has 80 valence electrons.